The van der Waals surface area contributed by atoms with Crippen molar-refractivity contribution in [3.8, 4) is 5.75 Å². The summed E-state index contributed by atoms with van der Waals surface area (Å²) in [6.07, 6.45) is 0. The monoisotopic (exact) mass is 449 g/mol. The molecule has 5 heteroatoms. The Balaban J connectivity index is 1.55. The van der Waals surface area contributed by atoms with Gasteiger partial charge in [-0.1, -0.05) is 51.1 Å². The van der Waals surface area contributed by atoms with Crippen molar-refractivity contribution in [1.29, 1.82) is 0 Å². The van der Waals surface area contributed by atoms with Crippen LogP contribution in [0.15, 0.2) is 48.5 Å². The first-order chi connectivity index (χ1) is 15.1. The van der Waals surface area contributed by atoms with Gasteiger partial charge in [-0.3, -0.25) is 4.90 Å². The van der Waals surface area contributed by atoms with E-state index in [1.54, 1.807) is 0 Å². The van der Waals surface area contributed by atoms with E-state index < -0.39 is 8.32 Å². The third-order valence-electron chi connectivity index (χ3n) is 7.57. The number of aryl methyl sites for hydroxylation is 1. The molecule has 1 saturated heterocycles. The number of nitrogens with zero attached hydrogens (tertiary/aromatic N) is 3. The highest BCUT2D eigenvalue weighted by atomic mass is 28.4. The average Bonchev–Trinajstić information content (AvgIpc) is 2.98. The van der Waals surface area contributed by atoms with Crippen LogP contribution in [0.1, 0.15) is 32.0 Å². The Labute approximate surface area is 194 Å². The van der Waals surface area contributed by atoms with E-state index in [1.807, 2.05) is 0 Å². The molecule has 2 heterocycles. The molecule has 172 valence electrons. The fraction of sp³-hybridized carbons (Fsp3) is 0.481. The van der Waals surface area contributed by atoms with Gasteiger partial charge in [0.15, 0.2) is 0 Å². The zero-order valence-electron chi connectivity index (χ0n) is 20.9. The van der Waals surface area contributed by atoms with Gasteiger partial charge >= 0.3 is 0 Å². The summed E-state index contributed by atoms with van der Waals surface area (Å²) in [7, 11) is 0.233. The van der Waals surface area contributed by atoms with E-state index in [9.17, 15) is 0 Å². The molecule has 0 aliphatic carbocycles. The minimum Gasteiger partial charge on any atom is -0.542 e. The molecule has 0 spiro atoms. The standard InChI is InChI=1S/C27H39N3OSi/c1-21-26(31-32(6,7)27(2,3)4)24-19-23(13-14-25(24)28(21)5)30-17-15-29(16-18-30)20-22-11-9-8-10-12-22/h8-14,19H,15-18,20H2,1-7H3. The zero-order chi connectivity index (χ0) is 23.1. The molecular formula is C27H39N3OSi. The van der Waals surface area contributed by atoms with Crippen molar-refractivity contribution in [2.45, 2.75) is 52.4 Å². The van der Waals surface area contributed by atoms with Crippen LogP contribution in [-0.4, -0.2) is 44.0 Å². The van der Waals surface area contributed by atoms with Gasteiger partial charge in [-0.05, 0) is 48.8 Å². The second-order valence-electron chi connectivity index (χ2n) is 10.8. The Hall–Kier alpha value is -2.24. The summed E-state index contributed by atoms with van der Waals surface area (Å²) < 4.78 is 9.13. The van der Waals surface area contributed by atoms with Crippen molar-refractivity contribution in [3.63, 3.8) is 0 Å². The predicted octanol–water partition coefficient (Wildman–Crippen LogP) is 6.19. The number of hydrogen-bond acceptors (Lipinski definition) is 3. The summed E-state index contributed by atoms with van der Waals surface area (Å²) in [5, 5.41) is 1.42. The van der Waals surface area contributed by atoms with Crippen LogP contribution in [-0.2, 0) is 13.6 Å². The third kappa shape index (κ3) is 4.46. The van der Waals surface area contributed by atoms with E-state index in [0.29, 0.717) is 0 Å². The number of piperazine rings is 1. The summed E-state index contributed by atoms with van der Waals surface area (Å²) in [5.74, 6) is 1.08. The fourth-order valence-electron chi connectivity index (χ4n) is 4.27. The normalized spacial score (nSPS) is 16.0. The van der Waals surface area contributed by atoms with Gasteiger partial charge in [0, 0.05) is 50.8 Å². The Morgan fingerprint density at radius 3 is 2.22 bits per heavy atom. The van der Waals surface area contributed by atoms with Gasteiger partial charge in [-0.2, -0.15) is 0 Å². The van der Waals surface area contributed by atoms with Crippen LogP contribution in [0.5, 0.6) is 5.75 Å². The minimum atomic E-state index is -1.92. The molecule has 1 fully saturated rings. The van der Waals surface area contributed by atoms with Crippen LogP contribution < -0.4 is 9.33 Å². The Bertz CT molecular complexity index is 1070. The van der Waals surface area contributed by atoms with E-state index in [0.717, 1.165) is 38.5 Å². The number of anilines is 1. The lowest BCUT2D eigenvalue weighted by Crippen LogP contribution is -2.46. The fourth-order valence-corrected chi connectivity index (χ4v) is 5.34. The third-order valence-corrected chi connectivity index (χ3v) is 11.9. The molecule has 32 heavy (non-hydrogen) atoms. The second-order valence-corrected chi connectivity index (χ2v) is 15.5. The lowest BCUT2D eigenvalue weighted by atomic mass is 10.1. The quantitative estimate of drug-likeness (QED) is 0.433. The lowest BCUT2D eigenvalue weighted by molar-refractivity contribution is 0.250. The Kier molecular flexibility index (Phi) is 6.16. The predicted molar refractivity (Wildman–Crippen MR) is 139 cm³/mol. The molecule has 1 aromatic heterocycles. The SMILES string of the molecule is Cc1c(O[Si](C)(C)C(C)(C)C)c2cc(N3CCN(Cc4ccccc4)CC3)ccc2n1C. The van der Waals surface area contributed by atoms with Gasteiger partial charge < -0.3 is 13.9 Å². The number of benzene rings is 2. The summed E-state index contributed by atoms with van der Waals surface area (Å²) in [6, 6.07) is 17.7. The highest BCUT2D eigenvalue weighted by Crippen LogP contribution is 2.42. The van der Waals surface area contributed by atoms with Gasteiger partial charge in [-0.15, -0.1) is 0 Å². The van der Waals surface area contributed by atoms with Crippen LogP contribution in [0, 0.1) is 6.92 Å². The first-order valence-electron chi connectivity index (χ1n) is 11.9. The molecule has 0 atom stereocenters. The van der Waals surface area contributed by atoms with Crippen molar-refractivity contribution >= 4 is 24.9 Å². The Morgan fingerprint density at radius 1 is 0.938 bits per heavy atom. The second kappa shape index (κ2) is 8.60. The molecule has 1 aliphatic heterocycles. The number of hydrogen-bond donors (Lipinski definition) is 0. The van der Waals surface area contributed by atoms with Crippen LogP contribution in [0.2, 0.25) is 18.1 Å². The van der Waals surface area contributed by atoms with Crippen molar-refractivity contribution in [1.82, 2.24) is 9.47 Å². The minimum absolute atomic E-state index is 0.175. The van der Waals surface area contributed by atoms with Crippen LogP contribution in [0.25, 0.3) is 10.9 Å². The van der Waals surface area contributed by atoms with E-state index in [4.69, 9.17) is 4.43 Å². The molecule has 3 aromatic rings. The van der Waals surface area contributed by atoms with Crippen molar-refractivity contribution in [2.75, 3.05) is 31.1 Å². The molecule has 0 unspecified atom stereocenters. The molecule has 0 saturated carbocycles. The summed E-state index contributed by atoms with van der Waals surface area (Å²) in [4.78, 5) is 5.09. The topological polar surface area (TPSA) is 20.6 Å². The summed E-state index contributed by atoms with van der Waals surface area (Å²) in [5.41, 5.74) is 5.18. The zero-order valence-corrected chi connectivity index (χ0v) is 21.9. The highest BCUT2D eigenvalue weighted by molar-refractivity contribution is 6.74. The number of rotatable bonds is 5. The van der Waals surface area contributed by atoms with Crippen LogP contribution >= 0.6 is 0 Å². The van der Waals surface area contributed by atoms with Crippen molar-refractivity contribution < 1.29 is 4.43 Å². The van der Waals surface area contributed by atoms with Gasteiger partial charge in [-0.25, -0.2) is 0 Å². The number of aromatic nitrogens is 1. The maximum absolute atomic E-state index is 6.85. The average molecular weight is 450 g/mol. The Morgan fingerprint density at radius 2 is 1.59 bits per heavy atom. The molecule has 0 amide bonds. The van der Waals surface area contributed by atoms with Crippen LogP contribution in [0.3, 0.4) is 0 Å². The first-order valence-corrected chi connectivity index (χ1v) is 14.8. The van der Waals surface area contributed by atoms with Crippen molar-refractivity contribution in [3.05, 3.63) is 59.8 Å². The van der Waals surface area contributed by atoms with Gasteiger partial charge in [0.1, 0.15) is 5.75 Å². The van der Waals surface area contributed by atoms with Gasteiger partial charge in [0.25, 0.3) is 8.32 Å². The molecule has 0 bridgehead atoms. The van der Waals surface area contributed by atoms with Crippen molar-refractivity contribution in [2.24, 2.45) is 7.05 Å². The van der Waals surface area contributed by atoms with Gasteiger partial charge in [0.2, 0.25) is 0 Å². The van der Waals surface area contributed by atoms with Gasteiger partial charge in [0.05, 0.1) is 11.2 Å². The molecule has 0 N–H and O–H groups in total. The highest BCUT2D eigenvalue weighted by Gasteiger charge is 2.40. The summed E-state index contributed by atoms with van der Waals surface area (Å²) in [6.45, 7) is 19.1. The lowest BCUT2D eigenvalue weighted by Gasteiger charge is -2.37. The number of fused-ring (bicyclic) bond motifs is 1. The van der Waals surface area contributed by atoms with E-state index >= 15 is 0 Å². The van der Waals surface area contributed by atoms with E-state index in [2.05, 4.69) is 111 Å². The molecule has 0 radical (unpaired) electrons. The first kappa shape index (κ1) is 22.9. The molecule has 1 aliphatic rings. The maximum atomic E-state index is 6.85. The van der Waals surface area contributed by atoms with E-state index in [-0.39, 0.29) is 5.04 Å². The van der Waals surface area contributed by atoms with Crippen LogP contribution in [0.4, 0.5) is 5.69 Å². The largest absolute Gasteiger partial charge is 0.542 e. The molecule has 4 nitrogen and oxygen atoms in total. The van der Waals surface area contributed by atoms with E-state index in [1.165, 1.54) is 27.8 Å². The molecule has 4 rings (SSSR count). The maximum Gasteiger partial charge on any atom is 0.250 e. The molecule has 2 aromatic carbocycles. The smallest absolute Gasteiger partial charge is 0.250 e. The molecular weight excluding hydrogens is 410 g/mol. The summed E-state index contributed by atoms with van der Waals surface area (Å²) >= 11 is 0.